The lowest BCUT2D eigenvalue weighted by Gasteiger charge is -2.13. The zero-order chi connectivity index (χ0) is 14.3. The van der Waals surface area contributed by atoms with Crippen LogP contribution in [0.2, 0.25) is 0 Å². The molecule has 1 aliphatic heterocycles. The van der Waals surface area contributed by atoms with Gasteiger partial charge in [0.15, 0.2) is 11.6 Å². The molecule has 1 heterocycles. The molecule has 2 aromatic rings. The summed E-state index contributed by atoms with van der Waals surface area (Å²) in [5, 5.41) is 3.52. The van der Waals surface area contributed by atoms with Gasteiger partial charge < -0.3 is 10.1 Å². The molecule has 0 spiro atoms. The van der Waals surface area contributed by atoms with E-state index < -0.39 is 0 Å². The van der Waals surface area contributed by atoms with Crippen LogP contribution >= 0.6 is 0 Å². The molecule has 2 aromatic carbocycles. The summed E-state index contributed by atoms with van der Waals surface area (Å²) in [4.78, 5) is 0. The second-order valence-electron chi connectivity index (χ2n) is 5.35. The van der Waals surface area contributed by atoms with E-state index in [0.29, 0.717) is 0 Å². The van der Waals surface area contributed by atoms with Crippen LogP contribution in [0.25, 0.3) is 0 Å². The van der Waals surface area contributed by atoms with E-state index in [2.05, 4.69) is 31.3 Å². The van der Waals surface area contributed by atoms with Crippen molar-refractivity contribution in [1.82, 2.24) is 0 Å². The Morgan fingerprint density at radius 2 is 1.90 bits per heavy atom. The monoisotopic (exact) mass is 271 g/mol. The third-order valence-corrected chi connectivity index (χ3v) is 4.06. The zero-order valence-corrected chi connectivity index (χ0v) is 12.0. The van der Waals surface area contributed by atoms with Gasteiger partial charge in [-0.25, -0.2) is 4.39 Å². The Morgan fingerprint density at radius 3 is 2.55 bits per heavy atom. The summed E-state index contributed by atoms with van der Waals surface area (Å²) in [6, 6.07) is 9.58. The first kappa shape index (κ1) is 13.0. The summed E-state index contributed by atoms with van der Waals surface area (Å²) in [6.07, 6.45) is 0.897. The fourth-order valence-corrected chi connectivity index (χ4v) is 2.86. The van der Waals surface area contributed by atoms with Crippen molar-refractivity contribution in [2.24, 2.45) is 0 Å². The van der Waals surface area contributed by atoms with Crippen molar-refractivity contribution in [3.63, 3.8) is 0 Å². The zero-order valence-electron chi connectivity index (χ0n) is 12.0. The Kier molecular flexibility index (Phi) is 3.13. The van der Waals surface area contributed by atoms with Crippen LogP contribution in [0, 0.1) is 19.7 Å². The van der Waals surface area contributed by atoms with E-state index in [1.54, 1.807) is 12.1 Å². The first-order valence-electron chi connectivity index (χ1n) is 6.79. The van der Waals surface area contributed by atoms with Crippen molar-refractivity contribution in [1.29, 1.82) is 0 Å². The standard InChI is InChI=1S/C17H18FNO/c1-10-4-5-11(2)17-13(10)9-15(19-17)12-6-7-16(20-3)14(18)8-12/h4-8,15,19H,9H2,1-3H3. The van der Waals surface area contributed by atoms with E-state index >= 15 is 0 Å². The number of halogens is 1. The Morgan fingerprint density at radius 1 is 1.15 bits per heavy atom. The topological polar surface area (TPSA) is 21.3 Å². The van der Waals surface area contributed by atoms with Crippen molar-refractivity contribution >= 4 is 5.69 Å². The molecule has 3 rings (SSSR count). The highest BCUT2D eigenvalue weighted by Gasteiger charge is 2.25. The fourth-order valence-electron chi connectivity index (χ4n) is 2.86. The Bertz CT molecular complexity index is 635. The Hall–Kier alpha value is -2.03. The predicted octanol–water partition coefficient (Wildman–Crippen LogP) is 4.16. The highest BCUT2D eigenvalue weighted by atomic mass is 19.1. The van der Waals surface area contributed by atoms with Crippen molar-refractivity contribution in [2.75, 3.05) is 12.4 Å². The Labute approximate surface area is 118 Å². The van der Waals surface area contributed by atoms with Gasteiger partial charge in [-0.1, -0.05) is 18.2 Å². The molecule has 2 nitrogen and oxygen atoms in total. The minimum Gasteiger partial charge on any atom is -0.494 e. The van der Waals surface area contributed by atoms with Gasteiger partial charge in [-0.3, -0.25) is 0 Å². The first-order valence-corrected chi connectivity index (χ1v) is 6.79. The predicted molar refractivity (Wildman–Crippen MR) is 78.9 cm³/mol. The van der Waals surface area contributed by atoms with E-state index in [0.717, 1.165) is 12.0 Å². The number of hydrogen-bond acceptors (Lipinski definition) is 2. The third kappa shape index (κ3) is 2.03. The fraction of sp³-hybridized carbons (Fsp3) is 0.294. The van der Waals surface area contributed by atoms with Crippen LogP contribution < -0.4 is 10.1 Å². The largest absolute Gasteiger partial charge is 0.494 e. The van der Waals surface area contributed by atoms with Gasteiger partial charge in [0, 0.05) is 5.69 Å². The van der Waals surface area contributed by atoms with Crippen LogP contribution in [-0.4, -0.2) is 7.11 Å². The maximum Gasteiger partial charge on any atom is 0.165 e. The lowest BCUT2D eigenvalue weighted by molar-refractivity contribution is 0.386. The van der Waals surface area contributed by atoms with Gasteiger partial charge in [-0.2, -0.15) is 0 Å². The summed E-state index contributed by atoms with van der Waals surface area (Å²) < 4.78 is 18.8. The Balaban J connectivity index is 1.94. The number of anilines is 1. The maximum atomic E-state index is 13.8. The van der Waals surface area contributed by atoms with Gasteiger partial charge in [0.1, 0.15) is 0 Å². The molecule has 0 fully saturated rings. The number of rotatable bonds is 2. The number of aryl methyl sites for hydroxylation is 2. The number of nitrogens with one attached hydrogen (secondary N) is 1. The molecule has 0 radical (unpaired) electrons. The molecular formula is C17H18FNO. The van der Waals surface area contributed by atoms with Gasteiger partial charge in [0.25, 0.3) is 0 Å². The molecule has 1 unspecified atom stereocenters. The van der Waals surface area contributed by atoms with Crippen LogP contribution in [0.5, 0.6) is 5.75 Å². The SMILES string of the molecule is COc1ccc(C2Cc3c(C)ccc(C)c3N2)cc1F. The second kappa shape index (κ2) is 4.82. The smallest absolute Gasteiger partial charge is 0.165 e. The molecule has 20 heavy (non-hydrogen) atoms. The first-order chi connectivity index (χ1) is 9.60. The van der Waals surface area contributed by atoms with E-state index in [4.69, 9.17) is 4.74 Å². The van der Waals surface area contributed by atoms with Gasteiger partial charge in [0.05, 0.1) is 13.2 Å². The molecule has 0 aromatic heterocycles. The van der Waals surface area contributed by atoms with E-state index in [1.807, 2.05) is 6.07 Å². The quantitative estimate of drug-likeness (QED) is 0.885. The van der Waals surface area contributed by atoms with Crippen LogP contribution in [-0.2, 0) is 6.42 Å². The molecule has 3 heteroatoms. The highest BCUT2D eigenvalue weighted by molar-refractivity contribution is 5.65. The van der Waals surface area contributed by atoms with Crippen molar-refractivity contribution in [2.45, 2.75) is 26.3 Å². The summed E-state index contributed by atoms with van der Waals surface area (Å²) in [5.74, 6) is -0.0205. The number of hydrogen-bond donors (Lipinski definition) is 1. The number of ether oxygens (including phenoxy) is 1. The number of methoxy groups -OCH3 is 1. The second-order valence-corrected chi connectivity index (χ2v) is 5.35. The maximum absolute atomic E-state index is 13.8. The van der Waals surface area contributed by atoms with Gasteiger partial charge in [-0.05, 0) is 54.7 Å². The minimum atomic E-state index is -0.309. The number of fused-ring (bicyclic) bond motifs is 1. The van der Waals surface area contributed by atoms with Crippen molar-refractivity contribution < 1.29 is 9.13 Å². The van der Waals surface area contributed by atoms with Gasteiger partial charge in [-0.15, -0.1) is 0 Å². The molecule has 1 aliphatic rings. The summed E-state index contributed by atoms with van der Waals surface area (Å²) >= 11 is 0. The van der Waals surface area contributed by atoms with Crippen LogP contribution in [0.3, 0.4) is 0 Å². The van der Waals surface area contributed by atoms with Crippen LogP contribution in [0.15, 0.2) is 30.3 Å². The molecule has 0 aliphatic carbocycles. The summed E-state index contributed by atoms with van der Waals surface area (Å²) in [7, 11) is 1.48. The molecule has 0 amide bonds. The molecule has 1 N–H and O–H groups in total. The number of benzene rings is 2. The van der Waals surface area contributed by atoms with E-state index in [-0.39, 0.29) is 17.6 Å². The van der Waals surface area contributed by atoms with E-state index in [1.165, 1.54) is 29.5 Å². The van der Waals surface area contributed by atoms with Crippen molar-refractivity contribution in [3.05, 3.63) is 58.4 Å². The molecule has 1 atom stereocenters. The normalized spacial score (nSPS) is 16.7. The van der Waals surface area contributed by atoms with E-state index in [9.17, 15) is 4.39 Å². The minimum absolute atomic E-state index is 0.130. The van der Waals surface area contributed by atoms with Gasteiger partial charge >= 0.3 is 0 Å². The summed E-state index contributed by atoms with van der Waals surface area (Å²) in [5.41, 5.74) is 6.02. The average molecular weight is 271 g/mol. The van der Waals surface area contributed by atoms with Crippen LogP contribution in [0.1, 0.15) is 28.3 Å². The van der Waals surface area contributed by atoms with Crippen LogP contribution in [0.4, 0.5) is 10.1 Å². The molecule has 0 bridgehead atoms. The van der Waals surface area contributed by atoms with Crippen molar-refractivity contribution in [3.8, 4) is 5.75 Å². The highest BCUT2D eigenvalue weighted by Crippen LogP contribution is 2.38. The molecule has 0 saturated heterocycles. The third-order valence-electron chi connectivity index (χ3n) is 4.06. The summed E-state index contributed by atoms with van der Waals surface area (Å²) in [6.45, 7) is 4.22. The molecule has 0 saturated carbocycles. The lowest BCUT2D eigenvalue weighted by atomic mass is 9.98. The molecular weight excluding hydrogens is 253 g/mol. The lowest BCUT2D eigenvalue weighted by Crippen LogP contribution is -2.06. The average Bonchev–Trinajstić information content (AvgIpc) is 2.89. The van der Waals surface area contributed by atoms with Gasteiger partial charge in [0.2, 0.25) is 0 Å². The molecule has 104 valence electrons.